The number of benzene rings is 4. The minimum Gasteiger partial charge on any atom is -0.355 e. The molecule has 4 nitrogen and oxygen atoms in total. The summed E-state index contributed by atoms with van der Waals surface area (Å²) >= 11 is 0. The number of H-pyrrole nitrogens is 2. The van der Waals surface area contributed by atoms with Crippen LogP contribution >= 0.6 is 0 Å². The zero-order valence-electron chi connectivity index (χ0n) is 49.5. The van der Waals surface area contributed by atoms with Gasteiger partial charge in [-0.2, -0.15) is 0 Å². The molecule has 0 fully saturated rings. The number of nitrogens with zero attached hydrogens (tertiary/aromatic N) is 2. The normalized spacial score (nSPS) is 12.1. The third-order valence-electron chi connectivity index (χ3n) is 17.0. The SMILES string of the molecule is CCCCCCCCc1ccccc1-c1ccc(-c2c3nc(cc4ccc([nH]4)c(-c4ccc(-c5ccccc5CCCCCCCC)c(CCCCCCCC)c4)c4nc(cc5ccc2[nH]5)C=C4)C=C3)cc1CCCCCCCC. The van der Waals surface area contributed by atoms with Crippen molar-refractivity contribution < 1.29 is 0 Å². The summed E-state index contributed by atoms with van der Waals surface area (Å²) in [6, 6.07) is 46.3. The molecule has 0 saturated carbocycles. The molecule has 8 bridgehead atoms. The third-order valence-corrected chi connectivity index (χ3v) is 17.0. The first-order valence-electron chi connectivity index (χ1n) is 32.1. The number of aromatic nitrogens is 4. The van der Waals surface area contributed by atoms with Crippen molar-refractivity contribution >= 4 is 46.4 Å². The number of aryl methyl sites for hydroxylation is 4. The van der Waals surface area contributed by atoms with Gasteiger partial charge in [0.05, 0.1) is 22.8 Å². The van der Waals surface area contributed by atoms with E-state index in [1.807, 2.05) is 0 Å². The summed E-state index contributed by atoms with van der Waals surface area (Å²) in [7, 11) is 0. The van der Waals surface area contributed by atoms with Gasteiger partial charge in [-0.3, -0.25) is 0 Å². The van der Waals surface area contributed by atoms with Crippen LogP contribution in [0.15, 0.2) is 121 Å². The maximum Gasteiger partial charge on any atom is 0.0736 e. The summed E-state index contributed by atoms with van der Waals surface area (Å²) in [5, 5.41) is 0. The van der Waals surface area contributed by atoms with Crippen LogP contribution in [0.5, 0.6) is 0 Å². The number of nitrogens with one attached hydrogen (secondary N) is 2. The number of hydrogen-bond donors (Lipinski definition) is 2. The molecular formula is C76H94N4. The van der Waals surface area contributed by atoms with Crippen LogP contribution in [0.25, 0.3) is 90.9 Å². The maximum atomic E-state index is 5.42. The predicted octanol–water partition coefficient (Wildman–Crippen LogP) is 22.9. The Bertz CT molecular complexity index is 3080. The van der Waals surface area contributed by atoms with E-state index in [9.17, 15) is 0 Å². The van der Waals surface area contributed by atoms with Gasteiger partial charge in [-0.05, 0) is 168 Å². The van der Waals surface area contributed by atoms with Gasteiger partial charge in [0, 0.05) is 33.2 Å². The molecule has 7 aromatic rings. The van der Waals surface area contributed by atoms with Crippen LogP contribution in [0.4, 0.5) is 0 Å². The Morgan fingerprint density at radius 1 is 0.300 bits per heavy atom. The molecule has 4 heteroatoms. The molecular weight excluding hydrogens is 969 g/mol. The van der Waals surface area contributed by atoms with Crippen molar-refractivity contribution in [2.45, 2.75) is 207 Å². The van der Waals surface area contributed by atoms with Crippen LogP contribution in [0, 0.1) is 0 Å². The Balaban J connectivity index is 1.11. The highest BCUT2D eigenvalue weighted by atomic mass is 14.8. The number of fused-ring (bicyclic) bond motifs is 8. The minimum absolute atomic E-state index is 0.935. The number of unbranched alkanes of at least 4 members (excludes halogenated alkanes) is 20. The molecule has 80 heavy (non-hydrogen) atoms. The van der Waals surface area contributed by atoms with E-state index in [1.54, 1.807) is 0 Å². The number of hydrogen-bond acceptors (Lipinski definition) is 2. The Morgan fingerprint density at radius 2 is 0.637 bits per heavy atom. The van der Waals surface area contributed by atoms with Gasteiger partial charge in [0.25, 0.3) is 0 Å². The van der Waals surface area contributed by atoms with Crippen molar-refractivity contribution in [3.63, 3.8) is 0 Å². The van der Waals surface area contributed by atoms with E-state index in [0.717, 1.165) is 81.7 Å². The van der Waals surface area contributed by atoms with Crippen LogP contribution in [0.1, 0.15) is 227 Å². The molecule has 0 saturated heterocycles. The van der Waals surface area contributed by atoms with Gasteiger partial charge in [-0.1, -0.05) is 241 Å². The van der Waals surface area contributed by atoms with Crippen LogP contribution < -0.4 is 0 Å². The van der Waals surface area contributed by atoms with Gasteiger partial charge in [-0.25, -0.2) is 9.97 Å². The molecule has 2 aliphatic heterocycles. The molecule has 3 aromatic heterocycles. The fourth-order valence-electron chi connectivity index (χ4n) is 12.5. The second kappa shape index (κ2) is 30.9. The standard InChI is InChI=1S/C76H94N4/c1-5-9-13-17-21-25-33-57-35-29-31-39-67(57)69-47-41-61(53-59(69)37-27-23-19-15-11-7-3)75-71-49-43-63(77-71)55-65-45-51-73(79-65)76(74-52-46-66(80-74)56-64-44-50-72(75)78-64)62-42-48-70(60(54-62)38-28-24-20-16-12-8-4)68-40-32-30-36-58(68)34-26-22-18-14-10-6-2/h29-32,35-36,39-56,77,80H,5-28,33-34,37-38H2,1-4H3. The minimum atomic E-state index is 0.935. The summed E-state index contributed by atoms with van der Waals surface area (Å²) in [5.74, 6) is 0. The highest BCUT2D eigenvalue weighted by molar-refractivity contribution is 5.94. The van der Waals surface area contributed by atoms with E-state index in [0.29, 0.717) is 0 Å². The first-order valence-corrected chi connectivity index (χ1v) is 32.1. The number of aromatic amines is 2. The molecule has 0 aliphatic carbocycles. The monoisotopic (exact) mass is 1060 g/mol. The van der Waals surface area contributed by atoms with Crippen molar-refractivity contribution in [2.24, 2.45) is 0 Å². The predicted molar refractivity (Wildman–Crippen MR) is 349 cm³/mol. The van der Waals surface area contributed by atoms with Gasteiger partial charge in [0.1, 0.15) is 0 Å². The molecule has 2 aliphatic rings. The van der Waals surface area contributed by atoms with E-state index < -0.39 is 0 Å². The Labute approximate surface area is 482 Å². The second-order valence-corrected chi connectivity index (χ2v) is 23.3. The van der Waals surface area contributed by atoms with Crippen molar-refractivity contribution in [1.29, 1.82) is 0 Å². The molecule has 9 rings (SSSR count). The molecule has 0 spiro atoms. The molecule has 418 valence electrons. The Morgan fingerprint density at radius 3 is 1.02 bits per heavy atom. The van der Waals surface area contributed by atoms with E-state index in [1.165, 1.54) is 210 Å². The number of rotatable bonds is 32. The van der Waals surface area contributed by atoms with Crippen LogP contribution in [-0.2, 0) is 25.7 Å². The third kappa shape index (κ3) is 15.9. The summed E-state index contributed by atoms with van der Waals surface area (Å²) in [4.78, 5) is 18.6. The van der Waals surface area contributed by atoms with Crippen LogP contribution in [0.3, 0.4) is 0 Å². The fraction of sp³-hybridized carbons (Fsp3) is 0.421. The second-order valence-electron chi connectivity index (χ2n) is 23.3. The zero-order valence-corrected chi connectivity index (χ0v) is 49.5. The van der Waals surface area contributed by atoms with Crippen molar-refractivity contribution in [2.75, 3.05) is 0 Å². The van der Waals surface area contributed by atoms with Gasteiger partial charge in [0.15, 0.2) is 0 Å². The lowest BCUT2D eigenvalue weighted by molar-refractivity contribution is 0.607. The zero-order chi connectivity index (χ0) is 55.1. The summed E-state index contributed by atoms with van der Waals surface area (Å²) in [6.07, 6.45) is 44.2. The van der Waals surface area contributed by atoms with Gasteiger partial charge >= 0.3 is 0 Å². The van der Waals surface area contributed by atoms with E-state index in [2.05, 4.69) is 183 Å². The molecule has 4 aromatic carbocycles. The van der Waals surface area contributed by atoms with Crippen molar-refractivity contribution in [3.05, 3.63) is 166 Å². The van der Waals surface area contributed by atoms with E-state index >= 15 is 0 Å². The average molecular weight is 1060 g/mol. The molecule has 2 N–H and O–H groups in total. The van der Waals surface area contributed by atoms with Gasteiger partial charge in [0.2, 0.25) is 0 Å². The fourth-order valence-corrected chi connectivity index (χ4v) is 12.5. The smallest absolute Gasteiger partial charge is 0.0736 e. The highest BCUT2D eigenvalue weighted by Crippen LogP contribution is 2.39. The molecule has 0 radical (unpaired) electrons. The first kappa shape index (κ1) is 58.1. The molecule has 0 amide bonds. The largest absolute Gasteiger partial charge is 0.355 e. The maximum absolute atomic E-state index is 5.42. The van der Waals surface area contributed by atoms with Crippen molar-refractivity contribution in [1.82, 2.24) is 19.9 Å². The Hall–Kier alpha value is -6.52. The highest BCUT2D eigenvalue weighted by Gasteiger charge is 2.19. The lowest BCUT2D eigenvalue weighted by Crippen LogP contribution is -1.97. The quantitative estimate of drug-likeness (QED) is 0.0413. The van der Waals surface area contributed by atoms with Gasteiger partial charge < -0.3 is 9.97 Å². The lowest BCUT2D eigenvalue weighted by Gasteiger charge is -2.17. The van der Waals surface area contributed by atoms with Crippen molar-refractivity contribution in [3.8, 4) is 44.5 Å². The summed E-state index contributed by atoms with van der Waals surface area (Å²) in [6.45, 7) is 9.22. The average Bonchev–Trinajstić information content (AvgIpc) is 4.39. The summed E-state index contributed by atoms with van der Waals surface area (Å²) < 4.78 is 0. The molecule has 0 unspecified atom stereocenters. The topological polar surface area (TPSA) is 57.4 Å². The van der Waals surface area contributed by atoms with E-state index in [4.69, 9.17) is 9.97 Å². The summed E-state index contributed by atoms with van der Waals surface area (Å²) in [5.41, 5.74) is 24.0. The van der Waals surface area contributed by atoms with Crippen LogP contribution in [0.2, 0.25) is 0 Å². The Kier molecular flexibility index (Phi) is 22.5. The lowest BCUT2D eigenvalue weighted by atomic mass is 9.88. The van der Waals surface area contributed by atoms with Gasteiger partial charge in [-0.15, -0.1) is 0 Å². The van der Waals surface area contributed by atoms with Crippen LogP contribution in [-0.4, -0.2) is 19.9 Å². The molecule has 0 atom stereocenters. The van der Waals surface area contributed by atoms with E-state index in [-0.39, 0.29) is 0 Å². The molecule has 5 heterocycles. The first-order chi connectivity index (χ1) is 39.5.